The molecule has 0 saturated carbocycles. The lowest BCUT2D eigenvalue weighted by Crippen LogP contribution is -2.42. The van der Waals surface area contributed by atoms with Crippen molar-refractivity contribution in [3.63, 3.8) is 0 Å². The third kappa shape index (κ3) is 3.54. The molecule has 2 aliphatic rings. The predicted octanol–water partition coefficient (Wildman–Crippen LogP) is 4.40. The summed E-state index contributed by atoms with van der Waals surface area (Å²) in [6, 6.07) is 10.4. The first-order chi connectivity index (χ1) is 15.0. The molecule has 2 aliphatic heterocycles. The molecule has 3 aromatic rings. The number of fused-ring (bicyclic) bond motifs is 2. The highest BCUT2D eigenvalue weighted by atomic mass is 16.2. The van der Waals surface area contributed by atoms with Crippen LogP contribution in [0.1, 0.15) is 65.8 Å². The topological polar surface area (TPSA) is 74.9 Å². The first-order valence-electron chi connectivity index (χ1n) is 11.3. The Labute approximate surface area is 182 Å². The van der Waals surface area contributed by atoms with Gasteiger partial charge in [0.05, 0.1) is 5.52 Å². The summed E-state index contributed by atoms with van der Waals surface area (Å²) < 4.78 is 1.99. The van der Waals surface area contributed by atoms with Crippen molar-refractivity contribution in [2.75, 3.05) is 13.1 Å². The lowest BCUT2D eigenvalue weighted by molar-refractivity contribution is 0.0652. The van der Waals surface area contributed by atoms with Crippen LogP contribution in [0.3, 0.4) is 0 Å². The van der Waals surface area contributed by atoms with Crippen LogP contribution < -0.4 is 0 Å². The number of carbonyl (C=O) groups excluding carboxylic acids is 1. The van der Waals surface area contributed by atoms with Crippen molar-refractivity contribution in [3.05, 3.63) is 59.0 Å². The van der Waals surface area contributed by atoms with E-state index in [0.29, 0.717) is 18.2 Å². The van der Waals surface area contributed by atoms with Gasteiger partial charge in [0.1, 0.15) is 0 Å². The molecule has 1 saturated heterocycles. The molecule has 1 unspecified atom stereocenters. The lowest BCUT2D eigenvalue weighted by atomic mass is 9.82. The number of likely N-dealkylation sites (tertiary alicyclic amines) is 1. The van der Waals surface area contributed by atoms with Crippen LogP contribution in [0, 0.1) is 11.3 Å². The number of benzene rings is 1. The van der Waals surface area contributed by atoms with E-state index in [2.05, 4.69) is 35.2 Å². The molecule has 0 radical (unpaired) electrons. The van der Waals surface area contributed by atoms with E-state index >= 15 is 0 Å². The van der Waals surface area contributed by atoms with Gasteiger partial charge in [0, 0.05) is 55.0 Å². The fourth-order valence-corrected chi connectivity index (χ4v) is 5.30. The van der Waals surface area contributed by atoms with Crippen molar-refractivity contribution >= 4 is 23.0 Å². The number of nitrogens with zero attached hydrogens (tertiary/aromatic N) is 4. The van der Waals surface area contributed by atoms with Gasteiger partial charge in [-0.1, -0.05) is 32.0 Å². The number of carbonyl (C=O) groups is 1. The summed E-state index contributed by atoms with van der Waals surface area (Å²) in [6.07, 6.45) is 6.47. The number of amides is 1. The normalized spacial score (nSPS) is 21.8. The third-order valence-corrected chi connectivity index (χ3v) is 6.85. The molecule has 2 aromatic heterocycles. The number of aromatic nitrogens is 3. The van der Waals surface area contributed by atoms with Crippen LogP contribution in [-0.4, -0.2) is 44.9 Å². The Bertz CT molecular complexity index is 1130. The number of nitrogens with one attached hydrogen (secondary N) is 1. The maximum atomic E-state index is 13.3. The molecule has 1 fully saturated rings. The van der Waals surface area contributed by atoms with E-state index in [-0.39, 0.29) is 17.7 Å². The van der Waals surface area contributed by atoms with Gasteiger partial charge in [0.15, 0.2) is 5.69 Å². The van der Waals surface area contributed by atoms with Crippen LogP contribution in [0.4, 0.5) is 0 Å². The minimum atomic E-state index is 0.0256. The molecule has 5 rings (SSSR count). The summed E-state index contributed by atoms with van der Waals surface area (Å²) in [5, 5.41) is 13.4. The van der Waals surface area contributed by atoms with Gasteiger partial charge < -0.3 is 10.3 Å². The number of hydrogen-bond acceptors (Lipinski definition) is 4. The number of rotatable bonds is 4. The van der Waals surface area contributed by atoms with Gasteiger partial charge in [-0.15, -0.1) is 0 Å². The summed E-state index contributed by atoms with van der Waals surface area (Å²) >= 11 is 0. The van der Waals surface area contributed by atoms with Crippen molar-refractivity contribution in [2.45, 2.75) is 51.5 Å². The van der Waals surface area contributed by atoms with Crippen molar-refractivity contribution < 1.29 is 4.79 Å². The van der Waals surface area contributed by atoms with Gasteiger partial charge in [-0.3, -0.25) is 14.5 Å². The molecule has 0 bridgehead atoms. The minimum absolute atomic E-state index is 0.0256. The Morgan fingerprint density at radius 3 is 2.97 bits per heavy atom. The highest BCUT2D eigenvalue weighted by molar-refractivity contribution is 5.93. The van der Waals surface area contributed by atoms with Crippen molar-refractivity contribution in [2.24, 2.45) is 5.92 Å². The van der Waals surface area contributed by atoms with Crippen LogP contribution in [0.2, 0.25) is 0 Å². The molecule has 4 heterocycles. The zero-order valence-electron chi connectivity index (χ0n) is 18.2. The number of aryl methyl sites for hydroxylation is 2. The quantitative estimate of drug-likeness (QED) is 0.642. The van der Waals surface area contributed by atoms with Gasteiger partial charge in [0.25, 0.3) is 5.91 Å². The van der Waals surface area contributed by atoms with Gasteiger partial charge in [-0.2, -0.15) is 5.10 Å². The Morgan fingerprint density at radius 2 is 2.16 bits per heavy atom. The highest BCUT2D eigenvalue weighted by Gasteiger charge is 2.32. The fraction of sp³-hybridized carbons (Fsp3) is 0.440. The van der Waals surface area contributed by atoms with E-state index < -0.39 is 0 Å². The molecule has 160 valence electrons. The summed E-state index contributed by atoms with van der Waals surface area (Å²) in [7, 11) is 0. The molecule has 3 atom stereocenters. The Morgan fingerprint density at radius 1 is 1.29 bits per heavy atom. The number of piperidine rings is 1. The molecule has 1 amide bonds. The Balaban J connectivity index is 1.47. The van der Waals surface area contributed by atoms with Crippen LogP contribution >= 0.6 is 0 Å². The van der Waals surface area contributed by atoms with Gasteiger partial charge in [-0.25, -0.2) is 0 Å². The summed E-state index contributed by atoms with van der Waals surface area (Å²) in [6.45, 7) is 6.65. The van der Waals surface area contributed by atoms with E-state index in [1.807, 2.05) is 34.8 Å². The first kappa shape index (κ1) is 19.9. The molecule has 31 heavy (non-hydrogen) atoms. The number of hydrogen-bond donors (Lipinski definition) is 1. The second kappa shape index (κ2) is 7.91. The largest absolute Gasteiger partial charge is 0.336 e. The maximum Gasteiger partial charge on any atom is 0.274 e. The van der Waals surface area contributed by atoms with Crippen LogP contribution in [-0.2, 0) is 13.0 Å². The zero-order chi connectivity index (χ0) is 21.5. The van der Waals surface area contributed by atoms with Crippen molar-refractivity contribution in [1.29, 1.82) is 5.41 Å². The summed E-state index contributed by atoms with van der Waals surface area (Å²) in [4.78, 5) is 19.9. The number of pyridine rings is 1. The van der Waals surface area contributed by atoms with E-state index in [4.69, 9.17) is 5.41 Å². The fourth-order valence-electron chi connectivity index (χ4n) is 5.30. The van der Waals surface area contributed by atoms with Crippen molar-refractivity contribution in [1.82, 2.24) is 19.7 Å². The Hall–Kier alpha value is -3.02. The molecule has 1 N–H and O–H groups in total. The van der Waals surface area contributed by atoms with Gasteiger partial charge in [-0.05, 0) is 48.4 Å². The van der Waals surface area contributed by atoms with E-state index in [9.17, 15) is 4.79 Å². The highest BCUT2D eigenvalue weighted by Crippen LogP contribution is 2.36. The van der Waals surface area contributed by atoms with Crippen LogP contribution in [0.5, 0.6) is 0 Å². The molecular weight excluding hydrogens is 386 g/mol. The first-order valence-corrected chi connectivity index (χ1v) is 11.3. The summed E-state index contributed by atoms with van der Waals surface area (Å²) in [5.74, 6) is 0.759. The minimum Gasteiger partial charge on any atom is -0.336 e. The molecule has 0 spiro atoms. The Kier molecular flexibility index (Phi) is 5.08. The van der Waals surface area contributed by atoms with Gasteiger partial charge in [0.2, 0.25) is 0 Å². The smallest absolute Gasteiger partial charge is 0.274 e. The molecule has 0 aliphatic carbocycles. The average Bonchev–Trinajstić information content (AvgIpc) is 3.39. The standard InChI is InChI=1S/C25H29N5O/c1-16-11-18(15-29(14-16)25(31)23-12-19-5-4-10-30(19)28-23)21-8-7-20(17(2)13-26)24-22(21)6-3-9-27-24/h3,6-9,12-13,16-18,26H,4-5,10-11,14-15H2,1-2H3/t16-,17?,18+/m1/s1. The maximum absolute atomic E-state index is 13.3. The lowest BCUT2D eigenvalue weighted by Gasteiger charge is -2.37. The van der Waals surface area contributed by atoms with Crippen molar-refractivity contribution in [3.8, 4) is 0 Å². The van der Waals surface area contributed by atoms with Gasteiger partial charge >= 0.3 is 0 Å². The third-order valence-electron chi connectivity index (χ3n) is 6.85. The molecule has 6 heteroatoms. The predicted molar refractivity (Wildman–Crippen MR) is 122 cm³/mol. The van der Waals surface area contributed by atoms with Crippen LogP contribution in [0.15, 0.2) is 36.5 Å². The SMILES string of the molecule is CC(C=N)c1ccc([C@H]2C[C@@H](C)CN(C(=O)c3cc4n(n3)CCC4)C2)c2cccnc12. The van der Waals surface area contributed by atoms with E-state index in [1.54, 1.807) is 0 Å². The average molecular weight is 416 g/mol. The second-order valence-corrected chi connectivity index (χ2v) is 9.19. The molecular formula is C25H29N5O. The van der Waals surface area contributed by atoms with E-state index in [0.717, 1.165) is 48.8 Å². The van der Waals surface area contributed by atoms with Crippen LogP contribution in [0.25, 0.3) is 10.9 Å². The molecule has 6 nitrogen and oxygen atoms in total. The monoisotopic (exact) mass is 415 g/mol. The molecule has 1 aromatic carbocycles. The second-order valence-electron chi connectivity index (χ2n) is 9.19. The zero-order valence-corrected chi connectivity index (χ0v) is 18.2. The summed E-state index contributed by atoms with van der Waals surface area (Å²) in [5.41, 5.74) is 5.07. The van der Waals surface area contributed by atoms with E-state index in [1.165, 1.54) is 17.5 Å².